The lowest BCUT2D eigenvalue weighted by Gasteiger charge is -2.06. The molecule has 0 spiro atoms. The summed E-state index contributed by atoms with van der Waals surface area (Å²) in [4.78, 5) is 4.29. The summed E-state index contributed by atoms with van der Waals surface area (Å²) in [6.07, 6.45) is 1.72. The highest BCUT2D eigenvalue weighted by Crippen LogP contribution is 2.09. The third kappa shape index (κ3) is 1.94. The molecule has 0 atom stereocenters. The van der Waals surface area contributed by atoms with Crippen LogP contribution in [0.2, 0.25) is 0 Å². The Hall–Kier alpha value is -2.44. The maximum atomic E-state index is 8.67. The maximum Gasteiger partial charge on any atom is 0.254 e. The second-order valence-corrected chi connectivity index (χ2v) is 3.53. The lowest BCUT2D eigenvalue weighted by molar-refractivity contribution is 0.318. The molecule has 0 radical (unpaired) electrons. The van der Waals surface area contributed by atoms with Crippen molar-refractivity contribution in [2.24, 2.45) is 10.9 Å². The molecule has 0 aromatic carbocycles. The SMILES string of the molecule is Cc1nnc(-n2cccc2/C(N)=N/O)nc1C. The van der Waals surface area contributed by atoms with Crippen LogP contribution < -0.4 is 5.73 Å². The van der Waals surface area contributed by atoms with Crippen molar-refractivity contribution in [2.75, 3.05) is 0 Å². The molecule has 3 N–H and O–H groups in total. The van der Waals surface area contributed by atoms with E-state index in [9.17, 15) is 0 Å². The van der Waals surface area contributed by atoms with E-state index in [1.54, 1.807) is 22.9 Å². The molecule has 0 aliphatic rings. The van der Waals surface area contributed by atoms with Crippen molar-refractivity contribution in [1.82, 2.24) is 19.7 Å². The van der Waals surface area contributed by atoms with Crippen molar-refractivity contribution < 1.29 is 5.21 Å². The fraction of sp³-hybridized carbons (Fsp3) is 0.200. The van der Waals surface area contributed by atoms with Crippen molar-refractivity contribution in [3.8, 4) is 5.95 Å². The predicted molar refractivity (Wildman–Crippen MR) is 61.1 cm³/mol. The maximum absolute atomic E-state index is 8.67. The summed E-state index contributed by atoms with van der Waals surface area (Å²) in [5, 5.41) is 19.6. The van der Waals surface area contributed by atoms with E-state index in [0.29, 0.717) is 11.6 Å². The van der Waals surface area contributed by atoms with E-state index in [-0.39, 0.29) is 5.84 Å². The Bertz CT molecular complexity index is 574. The van der Waals surface area contributed by atoms with Crippen LogP contribution in [0, 0.1) is 13.8 Å². The first-order chi connectivity index (χ1) is 8.13. The van der Waals surface area contributed by atoms with E-state index < -0.39 is 0 Å². The molecule has 2 aromatic rings. The molecule has 0 bridgehead atoms. The smallest absolute Gasteiger partial charge is 0.254 e. The molecule has 7 nitrogen and oxygen atoms in total. The van der Waals surface area contributed by atoms with Crippen molar-refractivity contribution >= 4 is 5.84 Å². The van der Waals surface area contributed by atoms with Gasteiger partial charge in [0.15, 0.2) is 5.84 Å². The third-order valence-corrected chi connectivity index (χ3v) is 2.42. The van der Waals surface area contributed by atoms with Gasteiger partial charge in [-0.3, -0.25) is 4.57 Å². The van der Waals surface area contributed by atoms with Gasteiger partial charge < -0.3 is 10.9 Å². The van der Waals surface area contributed by atoms with E-state index >= 15 is 0 Å². The molecule has 0 amide bonds. The van der Waals surface area contributed by atoms with E-state index in [4.69, 9.17) is 10.9 Å². The minimum atomic E-state index is -0.00294. The molecule has 17 heavy (non-hydrogen) atoms. The Balaban J connectivity index is 2.54. The van der Waals surface area contributed by atoms with Crippen LogP contribution in [0.5, 0.6) is 0 Å². The average Bonchev–Trinajstić information content (AvgIpc) is 2.80. The molecular weight excluding hydrogens is 220 g/mol. The second kappa shape index (κ2) is 4.20. The Kier molecular flexibility index (Phi) is 2.73. The second-order valence-electron chi connectivity index (χ2n) is 3.53. The summed E-state index contributed by atoms with van der Waals surface area (Å²) in [5.41, 5.74) is 7.62. The molecule has 7 heteroatoms. The van der Waals surface area contributed by atoms with Gasteiger partial charge in [-0.1, -0.05) is 5.16 Å². The Morgan fingerprint density at radius 1 is 1.35 bits per heavy atom. The molecule has 0 saturated heterocycles. The lowest BCUT2D eigenvalue weighted by atomic mass is 10.4. The minimum Gasteiger partial charge on any atom is -0.409 e. The molecule has 2 heterocycles. The van der Waals surface area contributed by atoms with Crippen LogP contribution in [0.25, 0.3) is 5.95 Å². The summed E-state index contributed by atoms with van der Waals surface area (Å²) in [5.74, 6) is 0.386. The lowest BCUT2D eigenvalue weighted by Crippen LogP contribution is -2.19. The summed E-state index contributed by atoms with van der Waals surface area (Å²) in [6.45, 7) is 3.68. The van der Waals surface area contributed by atoms with E-state index in [2.05, 4.69) is 20.3 Å². The van der Waals surface area contributed by atoms with Crippen molar-refractivity contribution in [2.45, 2.75) is 13.8 Å². The van der Waals surface area contributed by atoms with Gasteiger partial charge in [-0.25, -0.2) is 4.98 Å². The van der Waals surface area contributed by atoms with E-state index in [1.165, 1.54) is 0 Å². The summed E-state index contributed by atoms with van der Waals surface area (Å²) >= 11 is 0. The summed E-state index contributed by atoms with van der Waals surface area (Å²) in [7, 11) is 0. The number of aryl methyl sites for hydroxylation is 2. The normalized spacial score (nSPS) is 11.8. The van der Waals surface area contributed by atoms with Gasteiger partial charge in [0.05, 0.1) is 17.1 Å². The first-order valence-corrected chi connectivity index (χ1v) is 4.97. The van der Waals surface area contributed by atoms with Gasteiger partial charge in [-0.05, 0) is 26.0 Å². The summed E-state index contributed by atoms with van der Waals surface area (Å²) in [6, 6.07) is 3.46. The molecule has 0 aliphatic heterocycles. The first-order valence-electron chi connectivity index (χ1n) is 4.97. The van der Waals surface area contributed by atoms with Gasteiger partial charge >= 0.3 is 0 Å². The number of aromatic nitrogens is 4. The van der Waals surface area contributed by atoms with Crippen LogP contribution in [0.15, 0.2) is 23.5 Å². The van der Waals surface area contributed by atoms with Gasteiger partial charge in [-0.2, -0.15) is 5.10 Å². The topological polar surface area (TPSA) is 102 Å². The number of rotatable bonds is 2. The highest BCUT2D eigenvalue weighted by molar-refractivity contribution is 5.96. The highest BCUT2D eigenvalue weighted by Gasteiger charge is 2.10. The molecule has 0 saturated carbocycles. The Morgan fingerprint density at radius 3 is 2.76 bits per heavy atom. The first kappa shape index (κ1) is 11.1. The third-order valence-electron chi connectivity index (χ3n) is 2.42. The standard InChI is InChI=1S/C10H12N6O/c1-6-7(2)13-14-10(12-6)16-5-3-4-8(16)9(11)15-17/h3-5,17H,1-2H3,(H2,11,15). The van der Waals surface area contributed by atoms with Gasteiger partial charge in [0.1, 0.15) is 0 Å². The zero-order valence-electron chi connectivity index (χ0n) is 9.49. The van der Waals surface area contributed by atoms with Crippen molar-refractivity contribution in [1.29, 1.82) is 0 Å². The molecule has 88 valence electrons. The fourth-order valence-corrected chi connectivity index (χ4v) is 1.36. The monoisotopic (exact) mass is 232 g/mol. The number of hydrogen-bond acceptors (Lipinski definition) is 5. The number of nitrogens with zero attached hydrogens (tertiary/aromatic N) is 5. The van der Waals surface area contributed by atoms with Crippen LogP contribution >= 0.6 is 0 Å². The number of nitrogens with two attached hydrogens (primary N) is 1. The van der Waals surface area contributed by atoms with Crippen molar-refractivity contribution in [3.63, 3.8) is 0 Å². The largest absolute Gasteiger partial charge is 0.409 e. The van der Waals surface area contributed by atoms with Crippen LogP contribution in [0.3, 0.4) is 0 Å². The zero-order chi connectivity index (χ0) is 12.4. The molecule has 2 aromatic heterocycles. The number of hydrogen-bond donors (Lipinski definition) is 2. The van der Waals surface area contributed by atoms with Gasteiger partial charge in [0, 0.05) is 6.20 Å². The Morgan fingerprint density at radius 2 is 2.12 bits per heavy atom. The van der Waals surface area contributed by atoms with Crippen molar-refractivity contribution in [3.05, 3.63) is 35.4 Å². The van der Waals surface area contributed by atoms with E-state index in [1.807, 2.05) is 13.8 Å². The van der Waals surface area contributed by atoms with Gasteiger partial charge in [-0.15, -0.1) is 5.10 Å². The van der Waals surface area contributed by atoms with Crippen LogP contribution in [0.4, 0.5) is 0 Å². The average molecular weight is 232 g/mol. The van der Waals surface area contributed by atoms with Gasteiger partial charge in [0.25, 0.3) is 5.95 Å². The number of oxime groups is 1. The van der Waals surface area contributed by atoms with Crippen LogP contribution in [-0.2, 0) is 0 Å². The van der Waals surface area contributed by atoms with E-state index in [0.717, 1.165) is 11.4 Å². The molecule has 0 unspecified atom stereocenters. The number of amidine groups is 1. The predicted octanol–water partition coefficient (Wildman–Crippen LogP) is 0.374. The highest BCUT2D eigenvalue weighted by atomic mass is 16.4. The van der Waals surface area contributed by atoms with Gasteiger partial charge in [0.2, 0.25) is 0 Å². The fourth-order valence-electron chi connectivity index (χ4n) is 1.36. The molecule has 0 aliphatic carbocycles. The van der Waals surface area contributed by atoms with Crippen LogP contribution in [0.1, 0.15) is 17.1 Å². The van der Waals surface area contributed by atoms with Crippen LogP contribution in [-0.4, -0.2) is 30.8 Å². The minimum absolute atomic E-state index is 0.00294. The molecule has 0 fully saturated rings. The summed E-state index contributed by atoms with van der Waals surface area (Å²) < 4.78 is 1.61. The molecule has 2 rings (SSSR count). The quantitative estimate of drug-likeness (QED) is 0.337. The molecular formula is C10H12N6O. The Labute approximate surface area is 97.6 Å². The zero-order valence-corrected chi connectivity index (χ0v) is 9.49.